The van der Waals surface area contributed by atoms with Crippen molar-refractivity contribution < 1.29 is 47.9 Å². The number of halogens is 1. The van der Waals surface area contributed by atoms with Crippen molar-refractivity contribution >= 4 is 36.0 Å². The number of aldehydes is 1. The third-order valence-corrected chi connectivity index (χ3v) is 12.1. The molecule has 1 aromatic carbocycles. The number of alkyl halides is 1. The maximum Gasteiger partial charge on any atom is 0.431 e. The van der Waals surface area contributed by atoms with Gasteiger partial charge in [-0.1, -0.05) is 58.0 Å². The summed E-state index contributed by atoms with van der Waals surface area (Å²) in [6.07, 6.45) is 4.24. The minimum absolute atomic E-state index is 0.0194. The second-order valence-corrected chi connectivity index (χ2v) is 17.3. The van der Waals surface area contributed by atoms with Gasteiger partial charge in [-0.15, -0.1) is 0 Å². The average Bonchev–Trinajstić information content (AvgIpc) is 3.75. The molecule has 0 saturated carbocycles. The summed E-state index contributed by atoms with van der Waals surface area (Å²) < 4.78 is 37.1. The number of hydrogen-bond acceptors (Lipinski definition) is 15. The number of fused-ring (bicyclic) bond motifs is 1. The number of nitrogens with zero attached hydrogens (tertiary/aromatic N) is 6. The first-order valence-corrected chi connectivity index (χ1v) is 21.9. The van der Waals surface area contributed by atoms with E-state index >= 15 is 0 Å². The highest BCUT2D eigenvalue weighted by molar-refractivity contribution is 6.30. The number of ether oxygens (including phenoxy) is 4. The monoisotopic (exact) mass is 882 g/mol. The summed E-state index contributed by atoms with van der Waals surface area (Å²) in [6.45, 7) is 12.8. The molecular formula is C46H68FN7O9. The number of esters is 1. The molecule has 1 saturated heterocycles. The molecule has 348 valence electrons. The number of amides is 1. The van der Waals surface area contributed by atoms with Crippen LogP contribution >= 0.6 is 0 Å². The number of aliphatic imine (C=N–C) groups is 1. The van der Waals surface area contributed by atoms with E-state index in [2.05, 4.69) is 25.1 Å². The van der Waals surface area contributed by atoms with Crippen LogP contribution in [0, 0.1) is 17.8 Å². The first kappa shape index (κ1) is 51.0. The van der Waals surface area contributed by atoms with Gasteiger partial charge in [-0.25, -0.2) is 9.18 Å². The van der Waals surface area contributed by atoms with E-state index in [1.807, 2.05) is 78.1 Å². The Morgan fingerprint density at radius 1 is 1.13 bits per heavy atom. The van der Waals surface area contributed by atoms with Crippen molar-refractivity contribution in [2.45, 2.75) is 149 Å². The predicted molar refractivity (Wildman–Crippen MR) is 239 cm³/mol. The molecule has 0 radical (unpaired) electrons. The van der Waals surface area contributed by atoms with Crippen LogP contribution in [0.15, 0.2) is 64.0 Å². The molecular weight excluding hydrogens is 814 g/mol. The Kier molecular flexibility index (Phi) is 19.3. The molecule has 2 aliphatic heterocycles. The minimum Gasteiger partial charge on any atom is -0.458 e. The van der Waals surface area contributed by atoms with Gasteiger partial charge in [0, 0.05) is 49.2 Å². The molecule has 4 rings (SSSR count). The third kappa shape index (κ3) is 13.7. The highest BCUT2D eigenvalue weighted by Crippen LogP contribution is 2.44. The first-order valence-electron chi connectivity index (χ1n) is 21.9. The zero-order valence-electron chi connectivity index (χ0n) is 38.2. The number of rotatable bonds is 26. The molecule has 3 heterocycles. The lowest BCUT2D eigenvalue weighted by Crippen LogP contribution is -2.54. The van der Waals surface area contributed by atoms with Crippen LogP contribution in [-0.4, -0.2) is 136 Å². The van der Waals surface area contributed by atoms with Gasteiger partial charge in [-0.05, 0) is 95.5 Å². The van der Waals surface area contributed by atoms with Gasteiger partial charge in [0.25, 0.3) is 6.48 Å². The van der Waals surface area contributed by atoms with Crippen LogP contribution in [0.1, 0.15) is 93.1 Å². The Labute approximate surface area is 371 Å². The molecule has 11 atom stereocenters. The van der Waals surface area contributed by atoms with E-state index in [0.717, 1.165) is 16.7 Å². The molecule has 0 aliphatic carbocycles. The van der Waals surface area contributed by atoms with Crippen LogP contribution in [0.5, 0.6) is 0 Å². The summed E-state index contributed by atoms with van der Waals surface area (Å²) in [5.41, 5.74) is 2.98. The van der Waals surface area contributed by atoms with E-state index in [1.165, 1.54) is 11.9 Å². The van der Waals surface area contributed by atoms with Crippen molar-refractivity contribution in [3.63, 3.8) is 0 Å². The summed E-state index contributed by atoms with van der Waals surface area (Å²) in [6, 6.07) is 10.7. The van der Waals surface area contributed by atoms with E-state index in [0.29, 0.717) is 56.4 Å². The van der Waals surface area contributed by atoms with E-state index < -0.39 is 73.2 Å². The zero-order chi connectivity index (χ0) is 46.4. The number of cyclic esters (lactones) is 1. The van der Waals surface area contributed by atoms with Crippen molar-refractivity contribution in [2.24, 2.45) is 38.8 Å². The number of benzene rings is 1. The van der Waals surface area contributed by atoms with Crippen LogP contribution in [0.25, 0.3) is 11.1 Å². The molecule has 4 N–H and O–H groups in total. The van der Waals surface area contributed by atoms with Gasteiger partial charge >= 0.3 is 12.1 Å². The Hall–Kier alpha value is -4.68. The summed E-state index contributed by atoms with van der Waals surface area (Å²) in [7, 11) is 1.96. The Morgan fingerprint density at radius 2 is 1.84 bits per heavy atom. The number of carbonyl (C=O) groups is 3. The summed E-state index contributed by atoms with van der Waals surface area (Å²) in [5, 5.41) is 31.9. The lowest BCUT2D eigenvalue weighted by atomic mass is 9.79. The van der Waals surface area contributed by atoms with Crippen molar-refractivity contribution in [3.05, 3.63) is 54.4 Å². The molecule has 63 heavy (non-hydrogen) atoms. The smallest absolute Gasteiger partial charge is 0.431 e. The molecule has 1 fully saturated rings. The zero-order valence-corrected chi connectivity index (χ0v) is 38.2. The molecule has 2 aliphatic rings. The number of nitrogens with two attached hydrogens (primary N) is 1. The molecule has 16 nitrogen and oxygen atoms in total. The Balaban J connectivity index is 1.22. The lowest BCUT2D eigenvalue weighted by Gasteiger charge is -2.36. The van der Waals surface area contributed by atoms with E-state index in [9.17, 15) is 29.0 Å². The number of aliphatic hydroxyl groups excluding tert-OH is 2. The number of aliphatic hydroxyl groups is 2. The van der Waals surface area contributed by atoms with Gasteiger partial charge in [0.2, 0.25) is 0 Å². The largest absolute Gasteiger partial charge is 0.458 e. The summed E-state index contributed by atoms with van der Waals surface area (Å²) in [4.78, 5) is 47.4. The van der Waals surface area contributed by atoms with Gasteiger partial charge in [0.05, 0.1) is 30.1 Å². The number of pyridine rings is 1. The van der Waals surface area contributed by atoms with E-state index in [1.54, 1.807) is 32.5 Å². The number of carbonyl (C=O) groups excluding carboxylic acids is 3. The molecule has 0 bridgehead atoms. The number of hydrazone groups is 2. The SMILES string of the molecule is CC[C@H](OC(=O)[C@H](C)C=O)[C@@]1(C)OC(=O)N2N=C(CC[C@@H](O)C(O[C@@H](O)OC(C)CC(C)N(C)CCC(C=NC(CF)Cc3ccc(-c4cccnc4)cc3)=NN)C(C)C)C(C)[C@@H]21. The van der Waals surface area contributed by atoms with Gasteiger partial charge in [0.15, 0.2) is 5.60 Å². The van der Waals surface area contributed by atoms with E-state index in [-0.39, 0.29) is 24.3 Å². The molecule has 1 aromatic heterocycles. The summed E-state index contributed by atoms with van der Waals surface area (Å²) >= 11 is 0. The van der Waals surface area contributed by atoms with Crippen molar-refractivity contribution in [1.82, 2.24) is 14.9 Å². The average molecular weight is 882 g/mol. The van der Waals surface area contributed by atoms with Crippen LogP contribution in [0.2, 0.25) is 0 Å². The molecule has 5 unspecified atom stereocenters. The van der Waals surface area contributed by atoms with Crippen molar-refractivity contribution in [1.29, 1.82) is 0 Å². The molecule has 1 amide bonds. The van der Waals surface area contributed by atoms with Crippen molar-refractivity contribution in [2.75, 3.05) is 20.3 Å². The van der Waals surface area contributed by atoms with Crippen molar-refractivity contribution in [3.8, 4) is 11.1 Å². The van der Waals surface area contributed by atoms with Crippen LogP contribution in [0.4, 0.5) is 9.18 Å². The van der Waals surface area contributed by atoms with Gasteiger partial charge in [0.1, 0.15) is 31.0 Å². The van der Waals surface area contributed by atoms with Crippen LogP contribution in [0.3, 0.4) is 0 Å². The van der Waals surface area contributed by atoms with Crippen LogP contribution in [-0.2, 0) is 35.0 Å². The Bertz CT molecular complexity index is 1870. The minimum atomic E-state index is -1.60. The molecule has 2 aromatic rings. The van der Waals surface area contributed by atoms with Gasteiger partial charge in [-0.3, -0.25) is 14.8 Å². The fourth-order valence-electron chi connectivity index (χ4n) is 8.20. The fourth-order valence-corrected chi connectivity index (χ4v) is 8.20. The highest BCUT2D eigenvalue weighted by Gasteiger charge is 2.61. The second-order valence-electron chi connectivity index (χ2n) is 17.3. The third-order valence-electron chi connectivity index (χ3n) is 12.1. The number of aromatic nitrogens is 1. The molecule has 0 spiro atoms. The lowest BCUT2D eigenvalue weighted by molar-refractivity contribution is -0.312. The molecule has 17 heteroatoms. The van der Waals surface area contributed by atoms with E-state index in [4.69, 9.17) is 24.8 Å². The first-order chi connectivity index (χ1) is 29.9. The number of hydrogen-bond donors (Lipinski definition) is 3. The highest BCUT2D eigenvalue weighted by atomic mass is 19.1. The summed E-state index contributed by atoms with van der Waals surface area (Å²) in [5.74, 6) is 3.54. The predicted octanol–water partition coefficient (Wildman–Crippen LogP) is 5.72. The normalized spacial score (nSPS) is 22.9. The maximum absolute atomic E-state index is 14.0. The Morgan fingerprint density at radius 3 is 2.44 bits per heavy atom. The van der Waals surface area contributed by atoms with Crippen LogP contribution < -0.4 is 5.84 Å². The van der Waals surface area contributed by atoms with Gasteiger partial charge < -0.3 is 44.7 Å². The quantitative estimate of drug-likeness (QED) is 0.0197. The standard InChI is InChI=1S/C46H68FN7O9/c1-10-40(61-43(57)29(4)27-55)46(8)42-32(7)38(52-54(42)44(58)63-46)17-18-39(56)41(28(2)3)62-45(59)60-31(6)22-30(5)53(9)21-19-36(51-48)26-50-37(24-47)23-33-13-15-34(16-14-33)35-12-11-20-49-25-35/h11-16,20,25-32,37,39-42,45,56,59H,10,17-19,21-24,48H2,1-9H3/t29-,30?,31?,32?,37?,39-,40+,41?,42-,45+,46-/m1/s1. The van der Waals surface area contributed by atoms with Gasteiger partial charge in [-0.2, -0.15) is 15.2 Å². The fraction of sp³-hybridized carbons (Fsp3) is 0.630. The maximum atomic E-state index is 14.0. The second kappa shape index (κ2) is 23.8. The topological polar surface area (TPSA) is 211 Å².